The van der Waals surface area contributed by atoms with E-state index >= 15 is 0 Å². The second-order valence-corrected chi connectivity index (χ2v) is 8.51. The number of carbonyl (C=O) groups excluding carboxylic acids is 2. The number of hydrogen-bond donors (Lipinski definition) is 0. The van der Waals surface area contributed by atoms with Crippen molar-refractivity contribution >= 4 is 17.4 Å². The fourth-order valence-corrected chi connectivity index (χ4v) is 4.83. The minimum atomic E-state index is -0.373. The quantitative estimate of drug-likeness (QED) is 0.704. The first kappa shape index (κ1) is 20.3. The van der Waals surface area contributed by atoms with Crippen LogP contribution >= 0.6 is 0 Å². The number of hydrogen-bond acceptors (Lipinski definition) is 5. The van der Waals surface area contributed by atoms with Gasteiger partial charge in [0.15, 0.2) is 5.78 Å². The Morgan fingerprint density at radius 3 is 2.41 bits per heavy atom. The Balaban J connectivity index is 1.26. The zero-order valence-corrected chi connectivity index (χ0v) is 17.3. The molecule has 7 heteroatoms. The predicted octanol–water partition coefficient (Wildman–Crippen LogP) is 1.85. The van der Waals surface area contributed by atoms with Gasteiger partial charge in [0, 0.05) is 50.9 Å². The first-order valence-electron chi connectivity index (χ1n) is 10.8. The molecule has 158 valence electrons. The fraction of sp³-hybridized carbons (Fsp3) is 0.636. The number of nitrogens with zero attached hydrogens (tertiary/aromatic N) is 4. The van der Waals surface area contributed by atoms with Gasteiger partial charge in [-0.1, -0.05) is 0 Å². The molecule has 0 N–H and O–H groups in total. The van der Waals surface area contributed by atoms with E-state index in [9.17, 15) is 14.0 Å². The number of rotatable bonds is 5. The third-order valence-corrected chi connectivity index (χ3v) is 6.59. The van der Waals surface area contributed by atoms with Gasteiger partial charge in [-0.2, -0.15) is 0 Å². The van der Waals surface area contributed by atoms with Crippen LogP contribution in [-0.2, 0) is 4.79 Å². The van der Waals surface area contributed by atoms with E-state index in [1.807, 2.05) is 9.80 Å². The summed E-state index contributed by atoms with van der Waals surface area (Å²) in [6.45, 7) is 8.78. The average Bonchev–Trinajstić information content (AvgIpc) is 3.40. The summed E-state index contributed by atoms with van der Waals surface area (Å²) in [4.78, 5) is 32.9. The second-order valence-electron chi connectivity index (χ2n) is 8.51. The topological polar surface area (TPSA) is 47.1 Å². The Morgan fingerprint density at radius 2 is 1.76 bits per heavy atom. The lowest BCUT2D eigenvalue weighted by atomic mass is 10.1. The molecule has 4 rings (SSSR count). The molecule has 3 aliphatic heterocycles. The highest BCUT2D eigenvalue weighted by atomic mass is 19.1. The zero-order chi connectivity index (χ0) is 20.4. The third kappa shape index (κ3) is 4.61. The number of carbonyl (C=O) groups is 2. The van der Waals surface area contributed by atoms with Crippen molar-refractivity contribution in [2.24, 2.45) is 0 Å². The second kappa shape index (κ2) is 8.79. The molecule has 3 fully saturated rings. The highest BCUT2D eigenvalue weighted by Gasteiger charge is 2.31. The summed E-state index contributed by atoms with van der Waals surface area (Å²) in [7, 11) is 0. The number of amides is 1. The molecule has 1 aromatic carbocycles. The van der Waals surface area contributed by atoms with Crippen LogP contribution in [0.5, 0.6) is 0 Å². The van der Waals surface area contributed by atoms with Gasteiger partial charge in [-0.15, -0.1) is 0 Å². The molecular weight excluding hydrogens is 371 g/mol. The lowest BCUT2D eigenvalue weighted by Crippen LogP contribution is -2.51. The van der Waals surface area contributed by atoms with Crippen molar-refractivity contribution in [3.05, 3.63) is 29.6 Å². The maximum absolute atomic E-state index is 14.4. The van der Waals surface area contributed by atoms with Gasteiger partial charge in [0.2, 0.25) is 5.91 Å². The number of anilines is 1. The molecule has 3 aliphatic rings. The van der Waals surface area contributed by atoms with Gasteiger partial charge >= 0.3 is 0 Å². The minimum Gasteiger partial charge on any atom is -0.366 e. The van der Waals surface area contributed by atoms with Crippen LogP contribution in [0.4, 0.5) is 10.1 Å². The van der Waals surface area contributed by atoms with Gasteiger partial charge in [-0.3, -0.25) is 19.4 Å². The molecule has 0 radical (unpaired) electrons. The first-order chi connectivity index (χ1) is 14.0. The monoisotopic (exact) mass is 402 g/mol. The van der Waals surface area contributed by atoms with E-state index in [1.165, 1.54) is 38.9 Å². The van der Waals surface area contributed by atoms with Gasteiger partial charge in [-0.05, 0) is 57.5 Å². The normalized spacial score (nSPS) is 23.7. The maximum Gasteiger partial charge on any atom is 0.236 e. The summed E-state index contributed by atoms with van der Waals surface area (Å²) in [5.41, 5.74) is 0.896. The highest BCUT2D eigenvalue weighted by molar-refractivity contribution is 5.94. The highest BCUT2D eigenvalue weighted by Crippen LogP contribution is 2.23. The summed E-state index contributed by atoms with van der Waals surface area (Å²) in [6.07, 6.45) is 3.77. The van der Waals surface area contributed by atoms with E-state index < -0.39 is 0 Å². The van der Waals surface area contributed by atoms with Crippen molar-refractivity contribution in [3.8, 4) is 0 Å². The molecule has 3 heterocycles. The van der Waals surface area contributed by atoms with Gasteiger partial charge in [0.25, 0.3) is 0 Å². The molecule has 0 aromatic heterocycles. The van der Waals surface area contributed by atoms with Crippen LogP contribution < -0.4 is 4.90 Å². The Hall–Kier alpha value is -1.99. The van der Waals surface area contributed by atoms with Crippen molar-refractivity contribution in [2.45, 2.75) is 32.2 Å². The van der Waals surface area contributed by atoms with Crippen LogP contribution in [0.3, 0.4) is 0 Å². The van der Waals surface area contributed by atoms with Crippen molar-refractivity contribution < 1.29 is 14.0 Å². The molecule has 0 aliphatic carbocycles. The number of Topliss-reactive ketones (excluding diaryl/α,β-unsaturated/α-hetero) is 1. The summed E-state index contributed by atoms with van der Waals surface area (Å²) in [5, 5.41) is 0. The molecule has 29 heavy (non-hydrogen) atoms. The number of ketones is 1. The standard InChI is InChI=1S/C22H31FN4O2/c1-17(28)18-4-5-21(20(23)14-18)26-10-12-27(13-11-26)22(29)16-24-9-6-19(15-24)25-7-2-3-8-25/h4-5,14,19H,2-3,6-13,15-16H2,1H3. The Labute approximate surface area is 172 Å². The minimum absolute atomic E-state index is 0.139. The van der Waals surface area contributed by atoms with E-state index in [0.29, 0.717) is 50.0 Å². The fourth-order valence-electron chi connectivity index (χ4n) is 4.83. The first-order valence-corrected chi connectivity index (χ1v) is 10.8. The number of benzene rings is 1. The largest absolute Gasteiger partial charge is 0.366 e. The summed E-state index contributed by atoms with van der Waals surface area (Å²) >= 11 is 0. The molecule has 1 aromatic rings. The molecule has 0 spiro atoms. The SMILES string of the molecule is CC(=O)c1ccc(N2CCN(C(=O)CN3CCC(N4CCCC4)C3)CC2)c(F)c1. The van der Waals surface area contributed by atoms with E-state index in [0.717, 1.165) is 19.5 Å². The summed E-state index contributed by atoms with van der Waals surface area (Å²) in [6, 6.07) is 5.26. The van der Waals surface area contributed by atoms with Gasteiger partial charge in [-0.25, -0.2) is 4.39 Å². The van der Waals surface area contributed by atoms with E-state index in [1.54, 1.807) is 12.1 Å². The predicted molar refractivity (Wildman–Crippen MR) is 111 cm³/mol. The summed E-state index contributed by atoms with van der Waals surface area (Å²) < 4.78 is 14.4. The van der Waals surface area contributed by atoms with Gasteiger partial charge in [0.05, 0.1) is 12.2 Å². The Kier molecular flexibility index (Phi) is 6.15. The maximum atomic E-state index is 14.4. The number of halogens is 1. The summed E-state index contributed by atoms with van der Waals surface area (Å²) in [5.74, 6) is -0.332. The van der Waals surface area contributed by atoms with Crippen molar-refractivity contribution in [1.29, 1.82) is 0 Å². The van der Waals surface area contributed by atoms with Crippen LogP contribution in [0.2, 0.25) is 0 Å². The zero-order valence-electron chi connectivity index (χ0n) is 17.3. The van der Waals surface area contributed by atoms with E-state index in [-0.39, 0.29) is 17.5 Å². The van der Waals surface area contributed by atoms with Crippen LogP contribution in [0, 0.1) is 5.82 Å². The van der Waals surface area contributed by atoms with Gasteiger partial charge in [0.1, 0.15) is 5.82 Å². The molecule has 0 bridgehead atoms. The average molecular weight is 403 g/mol. The molecule has 1 atom stereocenters. The van der Waals surface area contributed by atoms with Crippen molar-refractivity contribution in [1.82, 2.24) is 14.7 Å². The van der Waals surface area contributed by atoms with Crippen LogP contribution in [0.1, 0.15) is 36.5 Å². The molecular formula is C22H31FN4O2. The lowest BCUT2D eigenvalue weighted by molar-refractivity contribution is -0.132. The Morgan fingerprint density at radius 1 is 1.03 bits per heavy atom. The molecule has 1 amide bonds. The Bertz CT molecular complexity index is 757. The van der Waals surface area contributed by atoms with E-state index in [4.69, 9.17) is 0 Å². The third-order valence-electron chi connectivity index (χ3n) is 6.59. The number of likely N-dealkylation sites (tertiary alicyclic amines) is 2. The smallest absolute Gasteiger partial charge is 0.236 e. The molecule has 0 saturated carbocycles. The lowest BCUT2D eigenvalue weighted by Gasteiger charge is -2.37. The van der Waals surface area contributed by atoms with E-state index in [2.05, 4.69) is 9.80 Å². The molecule has 6 nitrogen and oxygen atoms in total. The van der Waals surface area contributed by atoms with Crippen LogP contribution in [-0.4, -0.2) is 91.3 Å². The van der Waals surface area contributed by atoms with Crippen molar-refractivity contribution in [2.75, 3.05) is 63.8 Å². The van der Waals surface area contributed by atoms with Gasteiger partial charge < -0.3 is 9.80 Å². The van der Waals surface area contributed by atoms with Crippen LogP contribution in [0.25, 0.3) is 0 Å². The van der Waals surface area contributed by atoms with Crippen LogP contribution in [0.15, 0.2) is 18.2 Å². The number of piperazine rings is 1. The van der Waals surface area contributed by atoms with Crippen molar-refractivity contribution in [3.63, 3.8) is 0 Å². The molecule has 1 unspecified atom stereocenters. The molecule has 3 saturated heterocycles.